The lowest BCUT2D eigenvalue weighted by Gasteiger charge is -2.01. The first kappa shape index (κ1) is 13.1. The summed E-state index contributed by atoms with van der Waals surface area (Å²) < 4.78 is 0.675. The number of hydrogen-bond donors (Lipinski definition) is 1. The van der Waals surface area contributed by atoms with Crippen molar-refractivity contribution in [1.29, 1.82) is 0 Å². The van der Waals surface area contributed by atoms with Gasteiger partial charge in [-0.15, -0.1) is 11.3 Å². The second-order valence-electron chi connectivity index (χ2n) is 3.32. The standard InChI is InChI=1S/C12H8Cl2N2OS/c13-10-4-2-1-3-9(10)12(17)16-15-7-8-5-6-11(14)18-8/h1-7H,(H,16,17)/b15-7+. The topological polar surface area (TPSA) is 41.5 Å². The number of nitrogens with zero attached hydrogens (tertiary/aromatic N) is 1. The number of benzene rings is 1. The molecular formula is C12H8Cl2N2OS. The number of hydrogen-bond acceptors (Lipinski definition) is 3. The predicted molar refractivity (Wildman–Crippen MR) is 75.8 cm³/mol. The molecule has 0 saturated carbocycles. The molecule has 0 bridgehead atoms. The van der Waals surface area contributed by atoms with E-state index in [4.69, 9.17) is 23.2 Å². The molecule has 0 unspecified atom stereocenters. The Morgan fingerprint density at radius 2 is 2.00 bits per heavy atom. The average Bonchev–Trinajstić information content (AvgIpc) is 2.75. The van der Waals surface area contributed by atoms with E-state index >= 15 is 0 Å². The van der Waals surface area contributed by atoms with Crippen LogP contribution in [0.1, 0.15) is 15.2 Å². The normalized spacial score (nSPS) is 10.8. The summed E-state index contributed by atoms with van der Waals surface area (Å²) in [6.45, 7) is 0. The molecule has 0 aliphatic heterocycles. The molecule has 0 spiro atoms. The Balaban J connectivity index is 2.01. The molecule has 2 aromatic rings. The van der Waals surface area contributed by atoms with Gasteiger partial charge in [0.05, 0.1) is 21.1 Å². The van der Waals surface area contributed by atoms with Crippen molar-refractivity contribution >= 4 is 46.7 Å². The SMILES string of the molecule is O=C(N/N=C/c1ccc(Cl)s1)c1ccccc1Cl. The maximum absolute atomic E-state index is 11.7. The Labute approximate surface area is 118 Å². The maximum atomic E-state index is 11.7. The summed E-state index contributed by atoms with van der Waals surface area (Å²) in [7, 11) is 0. The summed E-state index contributed by atoms with van der Waals surface area (Å²) in [4.78, 5) is 12.6. The van der Waals surface area contributed by atoms with Crippen molar-refractivity contribution in [3.8, 4) is 0 Å². The molecule has 0 aliphatic rings. The van der Waals surface area contributed by atoms with Crippen LogP contribution in [0.2, 0.25) is 9.36 Å². The van der Waals surface area contributed by atoms with Crippen LogP contribution in [-0.2, 0) is 0 Å². The largest absolute Gasteiger partial charge is 0.272 e. The summed E-state index contributed by atoms with van der Waals surface area (Å²) in [6, 6.07) is 10.4. The monoisotopic (exact) mass is 298 g/mol. The second-order valence-corrected chi connectivity index (χ2v) is 5.47. The summed E-state index contributed by atoms with van der Waals surface area (Å²) in [6.07, 6.45) is 1.53. The minimum atomic E-state index is -0.348. The average molecular weight is 299 g/mol. The van der Waals surface area contributed by atoms with Gasteiger partial charge in [0.2, 0.25) is 0 Å². The molecule has 18 heavy (non-hydrogen) atoms. The zero-order chi connectivity index (χ0) is 13.0. The minimum absolute atomic E-state index is 0.348. The van der Waals surface area contributed by atoms with Gasteiger partial charge in [-0.2, -0.15) is 5.10 Å². The van der Waals surface area contributed by atoms with Gasteiger partial charge in [-0.05, 0) is 24.3 Å². The summed E-state index contributed by atoms with van der Waals surface area (Å²) in [5, 5.41) is 4.23. The van der Waals surface area contributed by atoms with E-state index in [1.54, 1.807) is 30.3 Å². The van der Waals surface area contributed by atoms with Crippen molar-refractivity contribution in [3.05, 3.63) is 56.2 Å². The highest BCUT2D eigenvalue weighted by Crippen LogP contribution is 2.19. The van der Waals surface area contributed by atoms with Crippen LogP contribution >= 0.6 is 34.5 Å². The van der Waals surface area contributed by atoms with Gasteiger partial charge in [-0.1, -0.05) is 35.3 Å². The molecule has 6 heteroatoms. The smallest absolute Gasteiger partial charge is 0.267 e. The molecule has 1 aromatic heterocycles. The van der Waals surface area contributed by atoms with Gasteiger partial charge >= 0.3 is 0 Å². The highest BCUT2D eigenvalue weighted by atomic mass is 35.5. The summed E-state index contributed by atoms with van der Waals surface area (Å²) in [5.74, 6) is -0.348. The number of halogens is 2. The Kier molecular flexibility index (Phi) is 4.36. The van der Waals surface area contributed by atoms with Crippen LogP contribution in [0.4, 0.5) is 0 Å². The number of carbonyl (C=O) groups excluding carboxylic acids is 1. The summed E-state index contributed by atoms with van der Waals surface area (Å²) in [5.41, 5.74) is 2.80. The van der Waals surface area contributed by atoms with E-state index in [9.17, 15) is 4.79 Å². The first-order chi connectivity index (χ1) is 8.66. The molecule has 1 aromatic carbocycles. The molecule has 1 amide bonds. The van der Waals surface area contributed by atoms with Crippen molar-refractivity contribution in [1.82, 2.24) is 5.43 Å². The van der Waals surface area contributed by atoms with E-state index in [1.807, 2.05) is 6.07 Å². The Hall–Kier alpha value is -1.36. The molecule has 0 radical (unpaired) electrons. The highest BCUT2D eigenvalue weighted by molar-refractivity contribution is 7.17. The van der Waals surface area contributed by atoms with Crippen molar-refractivity contribution in [2.75, 3.05) is 0 Å². The fraction of sp³-hybridized carbons (Fsp3) is 0. The number of thiophene rings is 1. The fourth-order valence-corrected chi connectivity index (χ4v) is 2.41. The Bertz CT molecular complexity index is 595. The molecule has 0 fully saturated rings. The van der Waals surface area contributed by atoms with E-state index in [-0.39, 0.29) is 5.91 Å². The van der Waals surface area contributed by atoms with Crippen molar-refractivity contribution < 1.29 is 4.79 Å². The molecule has 1 heterocycles. The van der Waals surface area contributed by atoms with Gasteiger partial charge in [0, 0.05) is 4.88 Å². The van der Waals surface area contributed by atoms with Crippen LogP contribution in [0.25, 0.3) is 0 Å². The van der Waals surface area contributed by atoms with Crippen LogP contribution < -0.4 is 5.43 Å². The Morgan fingerprint density at radius 3 is 2.67 bits per heavy atom. The van der Waals surface area contributed by atoms with Gasteiger partial charge in [-0.3, -0.25) is 4.79 Å². The number of amides is 1. The first-order valence-corrected chi connectivity index (χ1v) is 6.57. The molecule has 0 saturated heterocycles. The van der Waals surface area contributed by atoms with E-state index in [0.29, 0.717) is 14.9 Å². The predicted octanol–water partition coefficient (Wildman–Crippen LogP) is 3.82. The lowest BCUT2D eigenvalue weighted by atomic mass is 10.2. The first-order valence-electron chi connectivity index (χ1n) is 5.00. The molecule has 1 N–H and O–H groups in total. The molecule has 0 atom stereocenters. The number of hydrazone groups is 1. The third-order valence-electron chi connectivity index (χ3n) is 2.07. The maximum Gasteiger partial charge on any atom is 0.272 e. The summed E-state index contributed by atoms with van der Waals surface area (Å²) >= 11 is 13.0. The van der Waals surface area contributed by atoms with Crippen LogP contribution in [-0.4, -0.2) is 12.1 Å². The van der Waals surface area contributed by atoms with Gasteiger partial charge in [0.1, 0.15) is 0 Å². The number of carbonyl (C=O) groups is 1. The van der Waals surface area contributed by atoms with Crippen LogP contribution in [0.3, 0.4) is 0 Å². The van der Waals surface area contributed by atoms with E-state index in [2.05, 4.69) is 10.5 Å². The lowest BCUT2D eigenvalue weighted by molar-refractivity contribution is 0.0955. The lowest BCUT2D eigenvalue weighted by Crippen LogP contribution is -2.17. The van der Waals surface area contributed by atoms with Crippen LogP contribution in [0.15, 0.2) is 41.5 Å². The quantitative estimate of drug-likeness (QED) is 0.679. The van der Waals surface area contributed by atoms with Crippen molar-refractivity contribution in [3.63, 3.8) is 0 Å². The van der Waals surface area contributed by atoms with Gasteiger partial charge in [0.25, 0.3) is 5.91 Å². The molecular weight excluding hydrogens is 291 g/mol. The van der Waals surface area contributed by atoms with Crippen LogP contribution in [0, 0.1) is 0 Å². The molecule has 3 nitrogen and oxygen atoms in total. The minimum Gasteiger partial charge on any atom is -0.267 e. The van der Waals surface area contributed by atoms with E-state index in [1.165, 1.54) is 17.6 Å². The zero-order valence-corrected chi connectivity index (χ0v) is 11.4. The van der Waals surface area contributed by atoms with Crippen molar-refractivity contribution in [2.45, 2.75) is 0 Å². The zero-order valence-electron chi connectivity index (χ0n) is 9.06. The Morgan fingerprint density at radius 1 is 1.22 bits per heavy atom. The number of nitrogens with one attached hydrogen (secondary N) is 1. The highest BCUT2D eigenvalue weighted by Gasteiger charge is 2.07. The van der Waals surface area contributed by atoms with E-state index in [0.717, 1.165) is 4.88 Å². The second kappa shape index (κ2) is 6.00. The van der Waals surface area contributed by atoms with E-state index < -0.39 is 0 Å². The van der Waals surface area contributed by atoms with Gasteiger partial charge in [0.15, 0.2) is 0 Å². The number of rotatable bonds is 3. The molecule has 92 valence electrons. The van der Waals surface area contributed by atoms with Crippen LogP contribution in [0.5, 0.6) is 0 Å². The molecule has 2 rings (SSSR count). The molecule has 0 aliphatic carbocycles. The third kappa shape index (κ3) is 3.32. The van der Waals surface area contributed by atoms with Gasteiger partial charge < -0.3 is 0 Å². The fourth-order valence-electron chi connectivity index (χ4n) is 1.26. The van der Waals surface area contributed by atoms with Gasteiger partial charge in [-0.25, -0.2) is 5.43 Å². The van der Waals surface area contributed by atoms with Crippen molar-refractivity contribution in [2.24, 2.45) is 5.10 Å². The third-order valence-corrected chi connectivity index (χ3v) is 3.57.